The minimum atomic E-state index is -0.427. The summed E-state index contributed by atoms with van der Waals surface area (Å²) < 4.78 is 13.2. The summed E-state index contributed by atoms with van der Waals surface area (Å²) in [6.07, 6.45) is 5.91. The molecule has 1 saturated heterocycles. The average Bonchev–Trinajstić information content (AvgIpc) is 3.06. The van der Waals surface area contributed by atoms with Gasteiger partial charge >= 0.3 is 0 Å². The molecule has 0 aromatic heterocycles. The van der Waals surface area contributed by atoms with E-state index < -0.39 is 5.41 Å². The van der Waals surface area contributed by atoms with Gasteiger partial charge in [0.2, 0.25) is 5.91 Å². The Hall–Kier alpha value is -1.42. The van der Waals surface area contributed by atoms with Gasteiger partial charge in [-0.2, -0.15) is 0 Å². The first-order valence-electron chi connectivity index (χ1n) is 8.41. The normalized spacial score (nSPS) is 22.0. The number of nitrogens with two attached hydrogens (primary N) is 1. The third-order valence-corrected chi connectivity index (χ3v) is 5.50. The highest BCUT2D eigenvalue weighted by atomic mass is 19.1. The Kier molecular flexibility index (Phi) is 4.48. The molecule has 0 spiro atoms. The summed E-state index contributed by atoms with van der Waals surface area (Å²) in [5.74, 6) is 0.551. The summed E-state index contributed by atoms with van der Waals surface area (Å²) in [4.78, 5) is 15.2. The van der Waals surface area contributed by atoms with E-state index in [0.29, 0.717) is 12.5 Å². The SMILES string of the molecule is NCC1CCN(C(=O)C2(c3ccc(F)cc3)CCCC2)CC1. The van der Waals surface area contributed by atoms with Crippen LogP contribution < -0.4 is 5.73 Å². The Balaban J connectivity index is 1.82. The summed E-state index contributed by atoms with van der Waals surface area (Å²) >= 11 is 0. The molecular formula is C18H25FN2O. The van der Waals surface area contributed by atoms with Gasteiger partial charge in [-0.3, -0.25) is 4.79 Å². The summed E-state index contributed by atoms with van der Waals surface area (Å²) in [7, 11) is 0. The molecule has 1 heterocycles. The van der Waals surface area contributed by atoms with Crippen molar-refractivity contribution >= 4 is 5.91 Å². The maximum Gasteiger partial charge on any atom is 0.233 e. The number of halogens is 1. The number of piperidine rings is 1. The number of nitrogens with zero attached hydrogens (tertiary/aromatic N) is 1. The van der Waals surface area contributed by atoms with Crippen LogP contribution in [0.15, 0.2) is 24.3 Å². The van der Waals surface area contributed by atoms with Crippen molar-refractivity contribution in [2.45, 2.75) is 43.9 Å². The number of carbonyl (C=O) groups excluding carboxylic acids is 1. The topological polar surface area (TPSA) is 46.3 Å². The zero-order chi connectivity index (χ0) is 15.6. The van der Waals surface area contributed by atoms with Gasteiger partial charge in [0.25, 0.3) is 0 Å². The number of hydrogen-bond donors (Lipinski definition) is 1. The summed E-state index contributed by atoms with van der Waals surface area (Å²) in [6, 6.07) is 6.54. The second kappa shape index (κ2) is 6.37. The highest BCUT2D eigenvalue weighted by Crippen LogP contribution is 2.43. The van der Waals surface area contributed by atoms with Gasteiger partial charge in [-0.1, -0.05) is 25.0 Å². The largest absolute Gasteiger partial charge is 0.342 e. The molecule has 2 aliphatic rings. The van der Waals surface area contributed by atoms with E-state index in [1.807, 2.05) is 4.90 Å². The van der Waals surface area contributed by atoms with Crippen molar-refractivity contribution in [3.05, 3.63) is 35.6 Å². The standard InChI is InChI=1S/C18H25FN2O/c19-16-5-3-15(4-6-16)18(9-1-2-10-18)17(22)21-11-7-14(13-20)8-12-21/h3-6,14H,1-2,7-13,20H2. The second-order valence-electron chi connectivity index (χ2n) is 6.77. The van der Waals surface area contributed by atoms with Crippen molar-refractivity contribution in [1.29, 1.82) is 0 Å². The van der Waals surface area contributed by atoms with E-state index in [0.717, 1.165) is 57.2 Å². The van der Waals surface area contributed by atoms with E-state index in [1.165, 1.54) is 12.1 Å². The van der Waals surface area contributed by atoms with Gasteiger partial charge in [0.05, 0.1) is 5.41 Å². The smallest absolute Gasteiger partial charge is 0.233 e. The number of likely N-dealkylation sites (tertiary alicyclic amines) is 1. The van der Waals surface area contributed by atoms with Crippen LogP contribution in [0.5, 0.6) is 0 Å². The first-order valence-corrected chi connectivity index (χ1v) is 8.41. The van der Waals surface area contributed by atoms with Crippen molar-refractivity contribution in [2.75, 3.05) is 19.6 Å². The number of amides is 1. The van der Waals surface area contributed by atoms with Gasteiger partial charge in [0.1, 0.15) is 5.82 Å². The first kappa shape index (κ1) is 15.5. The zero-order valence-corrected chi connectivity index (χ0v) is 13.1. The van der Waals surface area contributed by atoms with Gasteiger partial charge in [-0.15, -0.1) is 0 Å². The molecule has 2 N–H and O–H groups in total. The predicted molar refractivity (Wildman–Crippen MR) is 84.9 cm³/mol. The van der Waals surface area contributed by atoms with Crippen molar-refractivity contribution in [3.63, 3.8) is 0 Å². The van der Waals surface area contributed by atoms with E-state index in [2.05, 4.69) is 0 Å². The summed E-state index contributed by atoms with van der Waals surface area (Å²) in [5, 5.41) is 0. The molecule has 0 unspecified atom stereocenters. The van der Waals surface area contributed by atoms with Crippen LogP contribution in [-0.4, -0.2) is 30.4 Å². The number of carbonyl (C=O) groups is 1. The van der Waals surface area contributed by atoms with E-state index in [-0.39, 0.29) is 11.7 Å². The Morgan fingerprint density at radius 2 is 1.77 bits per heavy atom. The minimum absolute atomic E-state index is 0.242. The molecule has 0 bridgehead atoms. The van der Waals surface area contributed by atoms with E-state index in [9.17, 15) is 9.18 Å². The molecule has 0 radical (unpaired) electrons. The van der Waals surface area contributed by atoms with Crippen molar-refractivity contribution in [1.82, 2.24) is 4.90 Å². The van der Waals surface area contributed by atoms with Gasteiger partial charge in [0.15, 0.2) is 0 Å². The first-order chi connectivity index (χ1) is 10.7. The second-order valence-corrected chi connectivity index (χ2v) is 6.77. The highest BCUT2D eigenvalue weighted by Gasteiger charge is 2.45. The van der Waals surface area contributed by atoms with Crippen molar-refractivity contribution in [2.24, 2.45) is 11.7 Å². The molecule has 3 rings (SSSR count). The van der Waals surface area contributed by atoms with Crippen LogP contribution in [0.25, 0.3) is 0 Å². The molecule has 1 amide bonds. The number of rotatable bonds is 3. The molecular weight excluding hydrogens is 279 g/mol. The van der Waals surface area contributed by atoms with Crippen LogP contribution in [0.3, 0.4) is 0 Å². The number of benzene rings is 1. The lowest BCUT2D eigenvalue weighted by molar-refractivity contribution is -0.138. The minimum Gasteiger partial charge on any atom is -0.342 e. The van der Waals surface area contributed by atoms with Crippen LogP contribution >= 0.6 is 0 Å². The lowest BCUT2D eigenvalue weighted by atomic mass is 9.77. The molecule has 2 fully saturated rings. The molecule has 120 valence electrons. The van der Waals surface area contributed by atoms with E-state index in [1.54, 1.807) is 12.1 Å². The van der Waals surface area contributed by atoms with Crippen LogP contribution in [0.4, 0.5) is 4.39 Å². The molecule has 1 aromatic rings. The predicted octanol–water partition coefficient (Wildman–Crippen LogP) is 2.83. The van der Waals surface area contributed by atoms with Crippen LogP contribution in [0.2, 0.25) is 0 Å². The fourth-order valence-electron chi connectivity index (χ4n) is 4.05. The fourth-order valence-corrected chi connectivity index (χ4v) is 4.05. The van der Waals surface area contributed by atoms with Gasteiger partial charge in [-0.05, 0) is 55.8 Å². The van der Waals surface area contributed by atoms with Crippen LogP contribution in [-0.2, 0) is 10.2 Å². The molecule has 1 aliphatic carbocycles. The van der Waals surface area contributed by atoms with Crippen LogP contribution in [0.1, 0.15) is 44.1 Å². The Labute approximate surface area is 131 Å². The van der Waals surface area contributed by atoms with Crippen molar-refractivity contribution < 1.29 is 9.18 Å². The Morgan fingerprint density at radius 1 is 1.18 bits per heavy atom. The van der Waals surface area contributed by atoms with Crippen molar-refractivity contribution in [3.8, 4) is 0 Å². The molecule has 22 heavy (non-hydrogen) atoms. The summed E-state index contributed by atoms with van der Waals surface area (Å²) in [5.41, 5.74) is 6.30. The van der Waals surface area contributed by atoms with Gasteiger partial charge in [-0.25, -0.2) is 4.39 Å². The molecule has 3 nitrogen and oxygen atoms in total. The van der Waals surface area contributed by atoms with Crippen LogP contribution in [0, 0.1) is 11.7 Å². The van der Waals surface area contributed by atoms with E-state index in [4.69, 9.17) is 5.73 Å². The number of hydrogen-bond acceptors (Lipinski definition) is 2. The molecule has 0 atom stereocenters. The Morgan fingerprint density at radius 3 is 2.32 bits per heavy atom. The monoisotopic (exact) mass is 304 g/mol. The zero-order valence-electron chi connectivity index (χ0n) is 13.1. The molecule has 1 aliphatic heterocycles. The quantitative estimate of drug-likeness (QED) is 0.933. The lowest BCUT2D eigenvalue weighted by Crippen LogP contribution is -2.49. The fraction of sp³-hybridized carbons (Fsp3) is 0.611. The van der Waals surface area contributed by atoms with E-state index >= 15 is 0 Å². The maximum absolute atomic E-state index is 13.2. The lowest BCUT2D eigenvalue weighted by Gasteiger charge is -2.38. The molecule has 1 aromatic carbocycles. The average molecular weight is 304 g/mol. The molecule has 4 heteroatoms. The maximum atomic E-state index is 13.2. The van der Waals surface area contributed by atoms with Gasteiger partial charge in [0, 0.05) is 13.1 Å². The third kappa shape index (κ3) is 2.76. The Bertz CT molecular complexity index is 514. The molecule has 1 saturated carbocycles. The summed E-state index contributed by atoms with van der Waals surface area (Å²) in [6.45, 7) is 2.33. The highest BCUT2D eigenvalue weighted by molar-refractivity contribution is 5.88. The third-order valence-electron chi connectivity index (χ3n) is 5.50. The van der Waals surface area contributed by atoms with Gasteiger partial charge < -0.3 is 10.6 Å².